The number of halogens is 2. The fourth-order valence-electron chi connectivity index (χ4n) is 3.04. The molecule has 2 fully saturated rings. The van der Waals surface area contributed by atoms with Crippen LogP contribution >= 0.6 is 0 Å². The minimum absolute atomic E-state index is 0.000833. The minimum atomic E-state index is -1.55. The van der Waals surface area contributed by atoms with Crippen LogP contribution in [0.15, 0.2) is 0 Å². The Labute approximate surface area is 78.1 Å². The SMILES string of the molecule is CC[C@@]12CCCN1CC(F)(CF)C2. The van der Waals surface area contributed by atoms with Crippen molar-refractivity contribution in [3.63, 3.8) is 0 Å². The third kappa shape index (κ3) is 1.28. The van der Waals surface area contributed by atoms with Crippen molar-refractivity contribution >= 4 is 0 Å². The van der Waals surface area contributed by atoms with Gasteiger partial charge in [-0.1, -0.05) is 6.92 Å². The summed E-state index contributed by atoms with van der Waals surface area (Å²) in [4.78, 5) is 2.16. The number of hydrogen-bond donors (Lipinski definition) is 0. The van der Waals surface area contributed by atoms with Crippen LogP contribution in [-0.2, 0) is 0 Å². The first-order valence-electron chi connectivity index (χ1n) is 5.14. The lowest BCUT2D eigenvalue weighted by atomic mass is 9.87. The molecule has 0 aliphatic carbocycles. The van der Waals surface area contributed by atoms with Gasteiger partial charge in [-0.2, -0.15) is 0 Å². The van der Waals surface area contributed by atoms with E-state index in [0.717, 1.165) is 25.8 Å². The van der Waals surface area contributed by atoms with Gasteiger partial charge in [0.05, 0.1) is 0 Å². The quantitative estimate of drug-likeness (QED) is 0.644. The van der Waals surface area contributed by atoms with Crippen molar-refractivity contribution in [2.75, 3.05) is 19.8 Å². The predicted molar refractivity (Wildman–Crippen MR) is 48.3 cm³/mol. The molecule has 0 aromatic carbocycles. The average molecular weight is 189 g/mol. The first-order valence-corrected chi connectivity index (χ1v) is 5.14. The molecule has 2 aliphatic heterocycles. The second-order valence-corrected chi connectivity index (χ2v) is 4.56. The van der Waals surface area contributed by atoms with Crippen molar-refractivity contribution < 1.29 is 8.78 Å². The molecular formula is C10H17F2N. The third-order valence-electron chi connectivity index (χ3n) is 3.76. The summed E-state index contributed by atoms with van der Waals surface area (Å²) in [6.07, 6.45) is 3.57. The van der Waals surface area contributed by atoms with E-state index in [4.69, 9.17) is 0 Å². The molecule has 1 unspecified atom stereocenters. The molecule has 0 bridgehead atoms. The second kappa shape index (κ2) is 2.91. The Morgan fingerprint density at radius 2 is 2.23 bits per heavy atom. The van der Waals surface area contributed by atoms with Gasteiger partial charge in [-0.05, 0) is 25.8 Å². The highest BCUT2D eigenvalue weighted by atomic mass is 19.2. The minimum Gasteiger partial charge on any atom is -0.294 e. The molecule has 13 heavy (non-hydrogen) atoms. The van der Waals surface area contributed by atoms with E-state index < -0.39 is 12.3 Å². The lowest BCUT2D eigenvalue weighted by Gasteiger charge is -2.30. The first kappa shape index (κ1) is 9.38. The number of fused-ring (bicyclic) bond motifs is 1. The molecule has 2 rings (SSSR count). The Bertz CT molecular complexity index is 209. The molecule has 76 valence electrons. The van der Waals surface area contributed by atoms with E-state index in [2.05, 4.69) is 11.8 Å². The molecule has 0 aromatic rings. The van der Waals surface area contributed by atoms with E-state index >= 15 is 0 Å². The summed E-state index contributed by atoms with van der Waals surface area (Å²) in [5.74, 6) is 0. The van der Waals surface area contributed by atoms with Crippen LogP contribution in [0, 0.1) is 0 Å². The maximum absolute atomic E-state index is 13.8. The maximum Gasteiger partial charge on any atom is 0.153 e. The van der Waals surface area contributed by atoms with Gasteiger partial charge >= 0.3 is 0 Å². The first-order chi connectivity index (χ1) is 6.14. The van der Waals surface area contributed by atoms with Crippen LogP contribution in [0.1, 0.15) is 32.6 Å². The van der Waals surface area contributed by atoms with Crippen molar-refractivity contribution in [2.45, 2.75) is 43.8 Å². The van der Waals surface area contributed by atoms with Crippen LogP contribution in [-0.4, -0.2) is 35.9 Å². The van der Waals surface area contributed by atoms with Gasteiger partial charge in [0.25, 0.3) is 0 Å². The molecule has 0 radical (unpaired) electrons. The number of rotatable bonds is 2. The Morgan fingerprint density at radius 3 is 2.77 bits per heavy atom. The van der Waals surface area contributed by atoms with Gasteiger partial charge in [0.15, 0.2) is 5.67 Å². The van der Waals surface area contributed by atoms with Gasteiger partial charge in [0.2, 0.25) is 0 Å². The standard InChI is InChI=1S/C10H17F2N/c1-2-10-4-3-5-13(10)8-9(12,6-10)7-11/h2-8H2,1H3/t9?,10-/m0/s1. The lowest BCUT2D eigenvalue weighted by molar-refractivity contribution is 0.125. The van der Waals surface area contributed by atoms with E-state index in [1.807, 2.05) is 0 Å². The summed E-state index contributed by atoms with van der Waals surface area (Å²) in [7, 11) is 0. The molecule has 0 N–H and O–H groups in total. The van der Waals surface area contributed by atoms with Gasteiger partial charge in [-0.25, -0.2) is 8.78 Å². The Kier molecular flexibility index (Phi) is 2.10. The number of nitrogens with zero attached hydrogens (tertiary/aromatic N) is 1. The van der Waals surface area contributed by atoms with Crippen molar-refractivity contribution in [1.29, 1.82) is 0 Å². The second-order valence-electron chi connectivity index (χ2n) is 4.56. The van der Waals surface area contributed by atoms with Crippen molar-refractivity contribution in [3.05, 3.63) is 0 Å². The normalized spacial score (nSPS) is 45.5. The molecular weight excluding hydrogens is 172 g/mol. The topological polar surface area (TPSA) is 3.24 Å². The fourth-order valence-corrected chi connectivity index (χ4v) is 3.04. The van der Waals surface area contributed by atoms with Gasteiger partial charge in [0, 0.05) is 18.5 Å². The van der Waals surface area contributed by atoms with Crippen molar-refractivity contribution in [2.24, 2.45) is 0 Å². The summed E-state index contributed by atoms with van der Waals surface area (Å²) < 4.78 is 26.3. The van der Waals surface area contributed by atoms with Crippen LogP contribution < -0.4 is 0 Å². The smallest absolute Gasteiger partial charge is 0.153 e. The molecule has 2 saturated heterocycles. The molecule has 3 heteroatoms. The van der Waals surface area contributed by atoms with E-state index in [0.29, 0.717) is 13.0 Å². The van der Waals surface area contributed by atoms with E-state index in [9.17, 15) is 8.78 Å². The maximum atomic E-state index is 13.8. The summed E-state index contributed by atoms with van der Waals surface area (Å²) in [6, 6.07) is 0. The van der Waals surface area contributed by atoms with Crippen LogP contribution in [0.5, 0.6) is 0 Å². The Morgan fingerprint density at radius 1 is 1.46 bits per heavy atom. The predicted octanol–water partition coefficient (Wildman–Crippen LogP) is 2.31. The monoisotopic (exact) mass is 189 g/mol. The van der Waals surface area contributed by atoms with Crippen LogP contribution in [0.2, 0.25) is 0 Å². The average Bonchev–Trinajstić information content (AvgIpc) is 2.59. The highest BCUT2D eigenvalue weighted by Crippen LogP contribution is 2.46. The molecule has 0 aromatic heterocycles. The van der Waals surface area contributed by atoms with Gasteiger partial charge in [0.1, 0.15) is 6.67 Å². The van der Waals surface area contributed by atoms with Crippen LogP contribution in [0.3, 0.4) is 0 Å². The molecule has 0 spiro atoms. The largest absolute Gasteiger partial charge is 0.294 e. The summed E-state index contributed by atoms with van der Waals surface area (Å²) in [6.45, 7) is 2.55. The lowest BCUT2D eigenvalue weighted by Crippen LogP contribution is -2.37. The fraction of sp³-hybridized carbons (Fsp3) is 1.00. The van der Waals surface area contributed by atoms with E-state index in [-0.39, 0.29) is 5.54 Å². The van der Waals surface area contributed by atoms with E-state index in [1.54, 1.807) is 0 Å². The highest BCUT2D eigenvalue weighted by Gasteiger charge is 2.54. The van der Waals surface area contributed by atoms with Crippen molar-refractivity contribution in [1.82, 2.24) is 4.90 Å². The molecule has 0 saturated carbocycles. The van der Waals surface area contributed by atoms with Gasteiger partial charge in [-0.3, -0.25) is 4.90 Å². The zero-order valence-electron chi connectivity index (χ0n) is 8.15. The van der Waals surface area contributed by atoms with E-state index in [1.165, 1.54) is 0 Å². The molecule has 2 aliphatic rings. The third-order valence-corrected chi connectivity index (χ3v) is 3.76. The van der Waals surface area contributed by atoms with Crippen LogP contribution in [0.4, 0.5) is 8.78 Å². The molecule has 0 amide bonds. The summed E-state index contributed by atoms with van der Waals surface area (Å²) in [5, 5.41) is 0. The molecule has 2 atom stereocenters. The number of alkyl halides is 2. The Balaban J connectivity index is 2.18. The van der Waals surface area contributed by atoms with Gasteiger partial charge in [-0.15, -0.1) is 0 Å². The van der Waals surface area contributed by atoms with Gasteiger partial charge < -0.3 is 0 Å². The number of hydrogen-bond acceptors (Lipinski definition) is 1. The Hall–Kier alpha value is -0.180. The zero-order valence-corrected chi connectivity index (χ0v) is 8.15. The van der Waals surface area contributed by atoms with Crippen molar-refractivity contribution in [3.8, 4) is 0 Å². The molecule has 1 nitrogen and oxygen atoms in total. The molecule has 2 heterocycles. The summed E-state index contributed by atoms with van der Waals surface area (Å²) >= 11 is 0. The van der Waals surface area contributed by atoms with Crippen LogP contribution in [0.25, 0.3) is 0 Å². The summed E-state index contributed by atoms with van der Waals surface area (Å²) in [5.41, 5.74) is -1.54. The highest BCUT2D eigenvalue weighted by molar-refractivity contribution is 5.08. The zero-order chi connectivity index (χ0) is 9.53.